The van der Waals surface area contributed by atoms with Gasteiger partial charge in [0.15, 0.2) is 5.52 Å². The second-order valence-electron chi connectivity index (χ2n) is 4.32. The van der Waals surface area contributed by atoms with Gasteiger partial charge in [0.2, 0.25) is 0 Å². The molecule has 98 valence electrons. The molecule has 0 aliphatic carbocycles. The topological polar surface area (TPSA) is 17.1 Å². The van der Waals surface area contributed by atoms with Crippen LogP contribution in [-0.2, 0) is 0 Å². The van der Waals surface area contributed by atoms with Crippen molar-refractivity contribution in [3.05, 3.63) is 63.1 Å². The van der Waals surface area contributed by atoms with Crippen LogP contribution in [0.15, 0.2) is 36.4 Å². The van der Waals surface area contributed by atoms with Gasteiger partial charge in [-0.3, -0.25) is 4.79 Å². The molecule has 0 aliphatic rings. The predicted molar refractivity (Wildman–Crippen MR) is 84.7 cm³/mol. The molecule has 2 aromatic rings. The van der Waals surface area contributed by atoms with E-state index in [4.69, 9.17) is 23.2 Å². The Kier molecular flexibility index (Phi) is 6.79. The zero-order chi connectivity index (χ0) is 14.0. The Bertz CT molecular complexity index is 603. The number of benzene rings is 2. The number of carbonyl (C=O) groups excluding carboxylic acids is 1. The van der Waals surface area contributed by atoms with E-state index in [9.17, 15) is 4.79 Å². The Morgan fingerprint density at radius 2 is 1.40 bits per heavy atom. The maximum Gasteiger partial charge on any atom is 1.00 e. The third-order valence-electron chi connectivity index (χ3n) is 2.91. The van der Waals surface area contributed by atoms with Gasteiger partial charge >= 0.3 is 18.9 Å². The predicted octanol–water partition coefficient (Wildman–Crippen LogP) is 1.76. The average molecular weight is 318 g/mol. The fourth-order valence-electron chi connectivity index (χ4n) is 1.90. The van der Waals surface area contributed by atoms with Crippen LogP contribution in [0.25, 0.3) is 0 Å². The number of hydrogen-bond donors (Lipinski definition) is 0. The summed E-state index contributed by atoms with van der Waals surface area (Å²) in [5.74, 6) is 0. The van der Waals surface area contributed by atoms with Gasteiger partial charge in [0.05, 0.1) is 15.6 Å². The summed E-state index contributed by atoms with van der Waals surface area (Å²) in [7, 11) is 0.0384. The van der Waals surface area contributed by atoms with E-state index in [-0.39, 0.29) is 33.0 Å². The molecule has 0 saturated carbocycles. The molecule has 0 spiro atoms. The molecule has 0 aromatic heterocycles. The van der Waals surface area contributed by atoms with Gasteiger partial charge in [-0.05, 0) is 51.0 Å². The molecule has 2 rings (SSSR count). The number of halogens is 2. The molecule has 2 aromatic carbocycles. The standard InChI is InChI=1S/C15H13Cl2OP.Li/c1-9-5-3-6-10(2)14(9)19-15(18)13-11(16)7-4-8-12(13)17;/h3-8,19H,1-2H3;/q;+1. The molecule has 1 unspecified atom stereocenters. The normalized spacial score (nSPS) is 10.6. The van der Waals surface area contributed by atoms with Crippen molar-refractivity contribution < 1.29 is 23.7 Å². The molecule has 20 heavy (non-hydrogen) atoms. The van der Waals surface area contributed by atoms with Crippen LogP contribution in [0.1, 0.15) is 21.5 Å². The van der Waals surface area contributed by atoms with Crippen LogP contribution < -0.4 is 24.2 Å². The third-order valence-corrected chi connectivity index (χ3v) is 5.06. The Labute approximate surface area is 143 Å². The first-order valence-corrected chi connectivity index (χ1v) is 7.58. The Morgan fingerprint density at radius 3 is 1.90 bits per heavy atom. The minimum atomic E-state index is -0.0204. The quantitative estimate of drug-likeness (QED) is 0.623. The molecule has 1 nitrogen and oxygen atoms in total. The van der Waals surface area contributed by atoms with E-state index >= 15 is 0 Å². The number of aryl methyl sites for hydroxylation is 2. The molecule has 1 atom stereocenters. The van der Waals surface area contributed by atoms with Crippen molar-refractivity contribution in [3.8, 4) is 0 Å². The first-order valence-electron chi connectivity index (χ1n) is 5.82. The third kappa shape index (κ3) is 3.88. The number of rotatable bonds is 3. The molecule has 0 bridgehead atoms. The smallest absolute Gasteiger partial charge is 0.289 e. The second-order valence-corrected chi connectivity index (χ2v) is 6.34. The van der Waals surface area contributed by atoms with E-state index < -0.39 is 0 Å². The van der Waals surface area contributed by atoms with Crippen molar-refractivity contribution in [3.63, 3.8) is 0 Å². The van der Waals surface area contributed by atoms with Gasteiger partial charge in [0.1, 0.15) is 0 Å². The van der Waals surface area contributed by atoms with E-state index in [0.717, 1.165) is 16.4 Å². The van der Waals surface area contributed by atoms with Gasteiger partial charge < -0.3 is 0 Å². The Hall–Kier alpha value is -0.283. The monoisotopic (exact) mass is 317 g/mol. The Balaban J connectivity index is 0.00000200. The van der Waals surface area contributed by atoms with Crippen LogP contribution in [-0.4, -0.2) is 5.52 Å². The molecule has 0 radical (unpaired) electrons. The zero-order valence-electron chi connectivity index (χ0n) is 11.6. The second kappa shape index (κ2) is 7.65. The van der Waals surface area contributed by atoms with Crippen molar-refractivity contribution in [2.45, 2.75) is 13.8 Å². The minimum Gasteiger partial charge on any atom is -0.289 e. The van der Waals surface area contributed by atoms with Crippen LogP contribution >= 0.6 is 31.8 Å². The first-order chi connectivity index (χ1) is 9.00. The van der Waals surface area contributed by atoms with E-state index in [2.05, 4.69) is 0 Å². The molecule has 0 fully saturated rings. The van der Waals surface area contributed by atoms with Crippen molar-refractivity contribution in [2.24, 2.45) is 0 Å². The van der Waals surface area contributed by atoms with Gasteiger partial charge in [0.25, 0.3) is 0 Å². The zero-order valence-corrected chi connectivity index (χ0v) is 14.1. The SMILES string of the molecule is Cc1cccc(C)c1PC(=O)c1c(Cl)cccc1Cl.[Li+]. The van der Waals surface area contributed by atoms with Crippen molar-refractivity contribution in [1.82, 2.24) is 0 Å². The average Bonchev–Trinajstić information content (AvgIpc) is 2.34. The Morgan fingerprint density at radius 1 is 0.950 bits per heavy atom. The van der Waals surface area contributed by atoms with Crippen LogP contribution in [0.3, 0.4) is 0 Å². The van der Waals surface area contributed by atoms with Crippen LogP contribution in [0.5, 0.6) is 0 Å². The van der Waals surface area contributed by atoms with Crippen LogP contribution in [0.4, 0.5) is 0 Å². The maximum absolute atomic E-state index is 12.4. The van der Waals surface area contributed by atoms with Gasteiger partial charge in [-0.15, -0.1) is 0 Å². The summed E-state index contributed by atoms with van der Waals surface area (Å²) in [5.41, 5.74) is 2.64. The van der Waals surface area contributed by atoms with Crippen LogP contribution in [0.2, 0.25) is 10.0 Å². The molecular weight excluding hydrogens is 305 g/mol. The van der Waals surface area contributed by atoms with Gasteiger partial charge in [-0.2, -0.15) is 0 Å². The maximum atomic E-state index is 12.4. The summed E-state index contributed by atoms with van der Waals surface area (Å²) in [5, 5.41) is 1.90. The number of hydrogen-bond acceptors (Lipinski definition) is 1. The van der Waals surface area contributed by atoms with Crippen LogP contribution in [0, 0.1) is 13.8 Å². The van der Waals surface area contributed by atoms with Crippen molar-refractivity contribution in [2.75, 3.05) is 0 Å². The molecule has 5 heteroatoms. The summed E-state index contributed by atoms with van der Waals surface area (Å²) >= 11 is 12.1. The van der Waals surface area contributed by atoms with E-state index in [1.165, 1.54) is 0 Å². The van der Waals surface area contributed by atoms with E-state index in [1.807, 2.05) is 32.0 Å². The van der Waals surface area contributed by atoms with E-state index in [1.54, 1.807) is 18.2 Å². The molecule has 0 saturated heterocycles. The van der Waals surface area contributed by atoms with E-state index in [0.29, 0.717) is 15.6 Å². The number of carbonyl (C=O) groups is 1. The molecular formula is C15H13Cl2LiOP+. The largest absolute Gasteiger partial charge is 1.00 e. The minimum absolute atomic E-state index is 0. The molecule has 0 aliphatic heterocycles. The first kappa shape index (κ1) is 17.8. The molecule has 0 heterocycles. The summed E-state index contributed by atoms with van der Waals surface area (Å²) in [6.45, 7) is 4.02. The fraction of sp³-hybridized carbons (Fsp3) is 0.133. The van der Waals surface area contributed by atoms with Gasteiger partial charge in [-0.1, -0.05) is 47.5 Å². The summed E-state index contributed by atoms with van der Waals surface area (Å²) in [6, 6.07) is 11.1. The summed E-state index contributed by atoms with van der Waals surface area (Å²) in [4.78, 5) is 12.4. The molecule has 0 amide bonds. The van der Waals surface area contributed by atoms with Crippen molar-refractivity contribution in [1.29, 1.82) is 0 Å². The summed E-state index contributed by atoms with van der Waals surface area (Å²) in [6.07, 6.45) is 0. The fourth-order valence-corrected chi connectivity index (χ4v) is 3.81. The van der Waals surface area contributed by atoms with Gasteiger partial charge in [0, 0.05) is 0 Å². The van der Waals surface area contributed by atoms with Gasteiger partial charge in [-0.25, -0.2) is 0 Å². The summed E-state index contributed by atoms with van der Waals surface area (Å²) < 4.78 is 0. The van der Waals surface area contributed by atoms with Crippen molar-refractivity contribution >= 4 is 42.6 Å². The molecule has 0 N–H and O–H groups in total.